The molecule has 17 nitrogen and oxygen atoms in total. The number of Topliss-reactive ketones (excluding diaryl/α,β-unsaturated/α-hetero) is 1. The summed E-state index contributed by atoms with van der Waals surface area (Å²) in [6.07, 6.45) is -0.810. The Hall–Kier alpha value is -4.07. The third kappa shape index (κ3) is 10.8. The Morgan fingerprint density at radius 1 is 1.08 bits per heavy atom. The van der Waals surface area contributed by atoms with Crippen LogP contribution in [0.4, 0.5) is 4.79 Å². The number of aromatic nitrogens is 4. The highest BCUT2D eigenvalue weighted by Crippen LogP contribution is 2.41. The largest absolute Gasteiger partial charge is 0.458 e. The number of nitrogens with zero attached hydrogens (tertiary/aromatic N) is 7. The molecule has 0 spiro atoms. The number of unbranched alkanes of at least 4 members (excludes halogenated alkanes) is 1. The summed E-state index contributed by atoms with van der Waals surface area (Å²) in [7, 11) is 5.30. The summed E-state index contributed by atoms with van der Waals surface area (Å²) in [5.74, 6) is -2.86. The molecule has 3 aliphatic rings. The maximum absolute atomic E-state index is 14.2. The highest BCUT2D eigenvalue weighted by Gasteiger charge is 2.59. The number of thiazole rings is 1. The summed E-state index contributed by atoms with van der Waals surface area (Å²) >= 11 is 1.56. The fraction of sp³-hybridized carbons (Fsp3) is 0.717. The minimum absolute atomic E-state index is 0. The second-order valence-electron chi connectivity index (χ2n) is 18.4. The van der Waals surface area contributed by atoms with Gasteiger partial charge in [-0.05, 0) is 98.9 Å². The number of ketones is 1. The first-order valence-corrected chi connectivity index (χ1v) is 23.1. The van der Waals surface area contributed by atoms with Crippen LogP contribution in [0.15, 0.2) is 30.5 Å². The second kappa shape index (κ2) is 21.0. The number of hydrogen-bond acceptors (Lipinski definition) is 15. The lowest BCUT2D eigenvalue weighted by atomic mass is 9.82. The molecule has 3 aromatic rings. The van der Waals surface area contributed by atoms with E-state index in [-0.39, 0.29) is 50.8 Å². The van der Waals surface area contributed by atoms with Crippen molar-refractivity contribution in [1.82, 2.24) is 34.7 Å². The summed E-state index contributed by atoms with van der Waals surface area (Å²) in [6.45, 7) is 15.3. The number of aryl methyl sites for hydroxylation is 1. The Balaban J connectivity index is 0.00000771. The van der Waals surface area contributed by atoms with Gasteiger partial charge in [-0.2, -0.15) is 0 Å². The van der Waals surface area contributed by atoms with E-state index < -0.39 is 71.7 Å². The molecule has 0 bridgehead atoms. The zero-order valence-electron chi connectivity index (χ0n) is 38.7. The van der Waals surface area contributed by atoms with Crippen LogP contribution in [0.25, 0.3) is 20.9 Å². The highest BCUT2D eigenvalue weighted by atomic mass is 32.1. The predicted octanol–water partition coefficient (Wildman–Crippen LogP) is 5.96. The van der Waals surface area contributed by atoms with Crippen LogP contribution in [0.5, 0.6) is 0 Å². The average Bonchev–Trinajstić information content (AvgIpc) is 3.96. The van der Waals surface area contributed by atoms with Gasteiger partial charge in [0.05, 0.1) is 46.3 Å². The number of aliphatic hydroxyl groups excluding tert-OH is 1. The van der Waals surface area contributed by atoms with Crippen molar-refractivity contribution in [2.45, 2.75) is 168 Å². The number of methoxy groups -OCH3 is 1. The normalized spacial score (nSPS) is 33.3. The lowest BCUT2D eigenvalue weighted by Gasteiger charge is -2.46. The van der Waals surface area contributed by atoms with E-state index >= 15 is 0 Å². The fourth-order valence-electron chi connectivity index (χ4n) is 9.75. The Bertz CT molecular complexity index is 2050. The van der Waals surface area contributed by atoms with E-state index in [1.807, 2.05) is 84.1 Å². The molecule has 1 N–H and O–H groups in total. The summed E-state index contributed by atoms with van der Waals surface area (Å²) < 4.78 is 34.2. The minimum Gasteiger partial charge on any atom is -0.458 e. The van der Waals surface area contributed by atoms with E-state index in [0.717, 1.165) is 15.2 Å². The molecule has 6 rings (SSSR count). The number of aliphatic hydroxyl groups is 1. The van der Waals surface area contributed by atoms with E-state index in [1.54, 1.807) is 32.7 Å². The van der Waals surface area contributed by atoms with E-state index in [2.05, 4.69) is 10.3 Å². The molecule has 64 heavy (non-hydrogen) atoms. The average molecular weight is 914 g/mol. The molecular weight excluding hydrogens is 843 g/mol. The van der Waals surface area contributed by atoms with Crippen LogP contribution in [0.1, 0.15) is 101 Å². The van der Waals surface area contributed by atoms with Gasteiger partial charge in [-0.15, -0.1) is 16.4 Å². The molecule has 0 saturated carbocycles. The number of para-hydroxylation sites is 1. The number of carbonyl (C=O) groups excluding carboxylic acids is 4. The molecule has 5 heterocycles. The number of amides is 2. The molecule has 3 unspecified atom stereocenters. The maximum atomic E-state index is 14.2. The molecular formula is C46H71N7O10S. The van der Waals surface area contributed by atoms with E-state index in [0.29, 0.717) is 44.5 Å². The second-order valence-corrected chi connectivity index (χ2v) is 19.4. The summed E-state index contributed by atoms with van der Waals surface area (Å²) in [6, 6.07) is 6.34. The standard InChI is InChI=1S/C45H67N7O10S.CH4/c1-12-36-45(8)39(51(43(57)62-45)20-16-15-19-50-25-32(47-48-50)40-46-31-17-13-14-18-35(31)63-40)29(5)52(30(6)53)24-26(2)23-44(7,58-11)37(22-34(54)28(4)41(56)60-36)61-42-38(55)33(49(9)10)21-27(3)59-42;/h13-14,17-18,25-29,33,36-39,42,55H,12,15-16,19-24H2,1-11H3;1H4/t26-,27?,28-,29-,33?,36-,37-,38?,39-,42+,44-,45-;/m1./s1. The fourth-order valence-corrected chi connectivity index (χ4v) is 10.7. The number of fused-ring (bicyclic) bond motifs is 2. The third-order valence-corrected chi connectivity index (χ3v) is 14.4. The lowest BCUT2D eigenvalue weighted by molar-refractivity contribution is -0.289. The Kier molecular flexibility index (Phi) is 16.7. The Morgan fingerprint density at radius 3 is 2.44 bits per heavy atom. The van der Waals surface area contributed by atoms with Gasteiger partial charge in [0, 0.05) is 46.1 Å². The first-order valence-electron chi connectivity index (χ1n) is 22.3. The van der Waals surface area contributed by atoms with Crippen molar-refractivity contribution in [2.75, 3.05) is 34.3 Å². The molecule has 3 aliphatic heterocycles. The minimum atomic E-state index is -1.39. The van der Waals surface area contributed by atoms with Crippen molar-refractivity contribution in [2.24, 2.45) is 11.8 Å². The molecule has 0 radical (unpaired) electrons. The molecule has 356 valence electrons. The zero-order valence-corrected chi connectivity index (χ0v) is 39.5. The van der Waals surface area contributed by atoms with E-state index in [4.69, 9.17) is 28.7 Å². The van der Waals surface area contributed by atoms with Crippen molar-refractivity contribution in [3.8, 4) is 10.7 Å². The smallest absolute Gasteiger partial charge is 0.410 e. The molecule has 2 aromatic heterocycles. The van der Waals surface area contributed by atoms with Crippen molar-refractivity contribution in [3.05, 3.63) is 30.5 Å². The molecule has 1 aromatic carbocycles. The predicted molar refractivity (Wildman–Crippen MR) is 242 cm³/mol. The van der Waals surface area contributed by atoms with Crippen molar-refractivity contribution < 1.29 is 48.0 Å². The van der Waals surface area contributed by atoms with Crippen molar-refractivity contribution in [1.29, 1.82) is 0 Å². The molecule has 18 heteroatoms. The van der Waals surface area contributed by atoms with Gasteiger partial charge in [-0.25, -0.2) is 9.78 Å². The van der Waals surface area contributed by atoms with Crippen LogP contribution in [0.2, 0.25) is 0 Å². The van der Waals surface area contributed by atoms with Gasteiger partial charge in [0.25, 0.3) is 0 Å². The van der Waals surface area contributed by atoms with E-state index in [1.165, 1.54) is 21.0 Å². The van der Waals surface area contributed by atoms with Gasteiger partial charge in [0.1, 0.15) is 34.6 Å². The van der Waals surface area contributed by atoms with Gasteiger partial charge in [0.2, 0.25) is 5.91 Å². The molecule has 2 amide bonds. The van der Waals surface area contributed by atoms with Crippen molar-refractivity contribution >= 4 is 45.3 Å². The molecule has 3 saturated heterocycles. The number of ether oxygens (including phenoxy) is 5. The summed E-state index contributed by atoms with van der Waals surface area (Å²) in [5, 5.41) is 20.9. The van der Waals surface area contributed by atoms with Crippen LogP contribution in [0.3, 0.4) is 0 Å². The first kappa shape index (κ1) is 50.9. The highest BCUT2D eigenvalue weighted by molar-refractivity contribution is 7.21. The number of benzene rings is 1. The maximum Gasteiger partial charge on any atom is 0.410 e. The SMILES string of the molecule is C.CC[C@H]1OC(=O)[C@H](C)C(=O)C[C@@H](O[C@@H]2OC(C)CC(N(C)C)C2O)[C@](C)(OC)C[C@@H](C)CN(C(C)=O)[C@H](C)[C@H]2N(CCCCn3cc(-c4nc5ccccc5s4)nn3)C(=O)O[C@]12C. The van der Waals surface area contributed by atoms with Gasteiger partial charge < -0.3 is 38.6 Å². The number of likely N-dealkylation sites (N-methyl/N-ethyl adjacent to an activating group) is 1. The first-order chi connectivity index (χ1) is 29.8. The third-order valence-electron chi connectivity index (χ3n) is 13.4. The van der Waals surface area contributed by atoms with E-state index in [9.17, 15) is 24.3 Å². The Labute approximate surface area is 382 Å². The number of rotatable bonds is 11. The number of carbonyl (C=O) groups is 4. The molecule has 3 fully saturated rings. The van der Waals surface area contributed by atoms with Crippen LogP contribution >= 0.6 is 11.3 Å². The van der Waals surface area contributed by atoms with Gasteiger partial charge in [-0.3, -0.25) is 24.0 Å². The molecule has 0 aliphatic carbocycles. The summed E-state index contributed by atoms with van der Waals surface area (Å²) in [4.78, 5) is 66.0. The van der Waals surface area contributed by atoms with Crippen LogP contribution in [-0.2, 0) is 44.6 Å². The summed E-state index contributed by atoms with van der Waals surface area (Å²) in [5.41, 5.74) is -0.931. The zero-order chi connectivity index (χ0) is 46.0. The topological polar surface area (TPSA) is 188 Å². The van der Waals surface area contributed by atoms with Crippen LogP contribution in [-0.4, -0.2) is 158 Å². The van der Waals surface area contributed by atoms with Crippen molar-refractivity contribution in [3.63, 3.8) is 0 Å². The number of esters is 1. The quantitative estimate of drug-likeness (QED) is 0.135. The van der Waals surface area contributed by atoms with Gasteiger partial charge >= 0.3 is 12.1 Å². The van der Waals surface area contributed by atoms with Gasteiger partial charge in [-0.1, -0.05) is 38.6 Å². The van der Waals surface area contributed by atoms with Crippen LogP contribution < -0.4 is 0 Å². The Morgan fingerprint density at radius 2 is 1.78 bits per heavy atom. The number of cyclic esters (lactones) is 1. The number of hydrogen-bond donors (Lipinski definition) is 1. The monoisotopic (exact) mass is 913 g/mol. The van der Waals surface area contributed by atoms with Crippen LogP contribution in [0, 0.1) is 11.8 Å². The van der Waals surface area contributed by atoms with Gasteiger partial charge in [0.15, 0.2) is 11.9 Å². The molecule has 12 atom stereocenters. The lowest BCUT2D eigenvalue weighted by Crippen LogP contribution is -2.62.